The molecule has 15 heavy (non-hydrogen) atoms. The van der Waals surface area contributed by atoms with Crippen LogP contribution in [-0.2, 0) is 4.74 Å². The molecule has 4 nitrogen and oxygen atoms in total. The van der Waals surface area contributed by atoms with Crippen LogP contribution in [0, 0.1) is 0 Å². The van der Waals surface area contributed by atoms with E-state index in [-0.39, 0.29) is 5.56 Å². The Labute approximate surface area is 86.1 Å². The number of nitrogens with one attached hydrogen (secondary N) is 1. The molecule has 78 valence electrons. The Kier molecular flexibility index (Phi) is 2.53. The summed E-state index contributed by atoms with van der Waals surface area (Å²) in [5.41, 5.74) is 0.429. The predicted octanol–water partition coefficient (Wildman–Crippen LogP) is 1.17. The fourth-order valence-electron chi connectivity index (χ4n) is 1.59. The summed E-state index contributed by atoms with van der Waals surface area (Å²) in [6.45, 7) is 0. The molecular weight excluding hydrogens is 194 g/mol. The van der Waals surface area contributed by atoms with Crippen LogP contribution in [0.3, 0.4) is 0 Å². The highest BCUT2D eigenvalue weighted by Gasteiger charge is 2.10. The average molecular weight is 205 g/mol. The SMILES string of the molecule is COC(O)c1cccc2c(=O)[nH]ccc12. The van der Waals surface area contributed by atoms with Crippen LogP contribution in [0.1, 0.15) is 11.9 Å². The molecule has 2 aromatic rings. The lowest BCUT2D eigenvalue weighted by Crippen LogP contribution is -2.07. The minimum absolute atomic E-state index is 0.169. The Morgan fingerprint density at radius 3 is 2.87 bits per heavy atom. The summed E-state index contributed by atoms with van der Waals surface area (Å²) in [6, 6.07) is 6.90. The molecule has 2 N–H and O–H groups in total. The van der Waals surface area contributed by atoms with Crippen LogP contribution in [0.15, 0.2) is 35.3 Å². The van der Waals surface area contributed by atoms with Gasteiger partial charge in [0.15, 0.2) is 6.29 Å². The van der Waals surface area contributed by atoms with Crippen LogP contribution in [-0.4, -0.2) is 17.2 Å². The van der Waals surface area contributed by atoms with Gasteiger partial charge in [-0.15, -0.1) is 0 Å². The van der Waals surface area contributed by atoms with Gasteiger partial charge in [-0.3, -0.25) is 4.79 Å². The summed E-state index contributed by atoms with van der Waals surface area (Å²) in [7, 11) is 1.41. The summed E-state index contributed by atoms with van der Waals surface area (Å²) in [4.78, 5) is 14.0. The lowest BCUT2D eigenvalue weighted by Gasteiger charge is -2.10. The fourth-order valence-corrected chi connectivity index (χ4v) is 1.59. The van der Waals surface area contributed by atoms with E-state index in [0.29, 0.717) is 16.3 Å². The van der Waals surface area contributed by atoms with Gasteiger partial charge in [0.2, 0.25) is 0 Å². The first-order chi connectivity index (χ1) is 7.24. The number of methoxy groups -OCH3 is 1. The molecule has 0 radical (unpaired) electrons. The number of hydrogen-bond donors (Lipinski definition) is 2. The van der Waals surface area contributed by atoms with E-state index < -0.39 is 6.29 Å². The quantitative estimate of drug-likeness (QED) is 0.723. The molecule has 0 aliphatic rings. The monoisotopic (exact) mass is 205 g/mol. The maximum atomic E-state index is 11.5. The van der Waals surface area contributed by atoms with Crippen molar-refractivity contribution in [2.75, 3.05) is 7.11 Å². The minimum atomic E-state index is -1.00. The molecule has 0 amide bonds. The zero-order valence-electron chi connectivity index (χ0n) is 8.23. The molecular formula is C11H11NO3. The third-order valence-corrected chi connectivity index (χ3v) is 2.34. The zero-order valence-corrected chi connectivity index (χ0v) is 8.23. The lowest BCUT2D eigenvalue weighted by molar-refractivity contribution is -0.0758. The summed E-state index contributed by atoms with van der Waals surface area (Å²) in [5, 5.41) is 10.8. The van der Waals surface area contributed by atoms with Crippen molar-refractivity contribution in [1.82, 2.24) is 4.98 Å². The van der Waals surface area contributed by atoms with Crippen LogP contribution in [0.4, 0.5) is 0 Å². The van der Waals surface area contributed by atoms with Gasteiger partial charge >= 0.3 is 0 Å². The van der Waals surface area contributed by atoms with Gasteiger partial charge < -0.3 is 14.8 Å². The topological polar surface area (TPSA) is 62.3 Å². The van der Waals surface area contributed by atoms with E-state index in [9.17, 15) is 9.90 Å². The van der Waals surface area contributed by atoms with Crippen molar-refractivity contribution in [3.63, 3.8) is 0 Å². The van der Waals surface area contributed by atoms with E-state index in [1.165, 1.54) is 7.11 Å². The molecule has 1 aromatic heterocycles. The summed E-state index contributed by atoms with van der Waals surface area (Å²) >= 11 is 0. The van der Waals surface area contributed by atoms with Crippen molar-refractivity contribution >= 4 is 10.8 Å². The number of rotatable bonds is 2. The Balaban J connectivity index is 2.77. The van der Waals surface area contributed by atoms with Crippen molar-refractivity contribution in [2.24, 2.45) is 0 Å². The molecule has 2 rings (SSSR count). The summed E-state index contributed by atoms with van der Waals surface area (Å²) < 4.78 is 4.83. The summed E-state index contributed by atoms with van der Waals surface area (Å²) in [5.74, 6) is 0. The highest BCUT2D eigenvalue weighted by molar-refractivity contribution is 5.84. The van der Waals surface area contributed by atoms with E-state index in [2.05, 4.69) is 4.98 Å². The second-order valence-electron chi connectivity index (χ2n) is 3.20. The van der Waals surface area contributed by atoms with Gasteiger partial charge in [-0.2, -0.15) is 0 Å². The third-order valence-electron chi connectivity index (χ3n) is 2.34. The number of aromatic amines is 1. The number of aliphatic hydroxyl groups is 1. The Morgan fingerprint density at radius 2 is 2.13 bits per heavy atom. The third kappa shape index (κ3) is 1.65. The van der Waals surface area contributed by atoms with Crippen molar-refractivity contribution in [2.45, 2.75) is 6.29 Å². The van der Waals surface area contributed by atoms with E-state index in [0.717, 1.165) is 0 Å². The highest BCUT2D eigenvalue weighted by atomic mass is 16.6. The number of H-pyrrole nitrogens is 1. The fraction of sp³-hybridized carbons (Fsp3) is 0.182. The van der Waals surface area contributed by atoms with Gasteiger partial charge in [-0.05, 0) is 17.5 Å². The molecule has 0 fully saturated rings. The maximum absolute atomic E-state index is 11.5. The molecule has 0 aliphatic carbocycles. The average Bonchev–Trinajstić information content (AvgIpc) is 2.28. The van der Waals surface area contributed by atoms with Crippen molar-refractivity contribution in [1.29, 1.82) is 0 Å². The Bertz CT molecular complexity index is 533. The predicted molar refractivity (Wildman–Crippen MR) is 56.5 cm³/mol. The molecule has 0 saturated heterocycles. The molecule has 0 bridgehead atoms. The number of ether oxygens (including phenoxy) is 1. The normalized spacial score (nSPS) is 12.9. The van der Waals surface area contributed by atoms with E-state index in [4.69, 9.17) is 4.74 Å². The molecule has 0 aliphatic heterocycles. The van der Waals surface area contributed by atoms with Crippen molar-refractivity contribution in [3.05, 3.63) is 46.4 Å². The number of fused-ring (bicyclic) bond motifs is 1. The Hall–Kier alpha value is -1.65. The van der Waals surface area contributed by atoms with Gasteiger partial charge in [0.25, 0.3) is 5.56 Å². The highest BCUT2D eigenvalue weighted by Crippen LogP contribution is 2.21. The molecule has 4 heteroatoms. The molecule has 1 unspecified atom stereocenters. The van der Waals surface area contributed by atoms with E-state index in [1.807, 2.05) is 0 Å². The van der Waals surface area contributed by atoms with Gasteiger partial charge in [0.1, 0.15) is 0 Å². The van der Waals surface area contributed by atoms with Crippen LogP contribution < -0.4 is 5.56 Å². The first-order valence-corrected chi connectivity index (χ1v) is 4.55. The van der Waals surface area contributed by atoms with E-state index >= 15 is 0 Å². The van der Waals surface area contributed by atoms with Crippen LogP contribution in [0.5, 0.6) is 0 Å². The molecule has 1 atom stereocenters. The lowest BCUT2D eigenvalue weighted by atomic mass is 10.1. The molecule has 1 aromatic carbocycles. The van der Waals surface area contributed by atoms with Crippen molar-refractivity contribution in [3.8, 4) is 0 Å². The zero-order chi connectivity index (χ0) is 10.8. The van der Waals surface area contributed by atoms with Gasteiger partial charge in [0.05, 0.1) is 0 Å². The largest absolute Gasteiger partial charge is 0.364 e. The molecule has 1 heterocycles. The Morgan fingerprint density at radius 1 is 1.33 bits per heavy atom. The summed E-state index contributed by atoms with van der Waals surface area (Å²) in [6.07, 6.45) is 0.548. The molecule has 0 spiro atoms. The number of aromatic nitrogens is 1. The minimum Gasteiger partial charge on any atom is -0.364 e. The number of benzene rings is 1. The van der Waals surface area contributed by atoms with Gasteiger partial charge in [-0.1, -0.05) is 12.1 Å². The smallest absolute Gasteiger partial charge is 0.255 e. The van der Waals surface area contributed by atoms with Crippen LogP contribution in [0.25, 0.3) is 10.8 Å². The van der Waals surface area contributed by atoms with Crippen molar-refractivity contribution < 1.29 is 9.84 Å². The second kappa shape index (κ2) is 3.84. The maximum Gasteiger partial charge on any atom is 0.255 e. The number of pyridine rings is 1. The number of hydrogen-bond acceptors (Lipinski definition) is 3. The van der Waals surface area contributed by atoms with E-state index in [1.54, 1.807) is 30.5 Å². The van der Waals surface area contributed by atoms with Crippen LogP contribution in [0.2, 0.25) is 0 Å². The molecule has 0 saturated carbocycles. The first-order valence-electron chi connectivity index (χ1n) is 4.55. The standard InChI is InChI=1S/C11H11NO3/c1-15-11(14)9-4-2-3-8-7(9)5-6-12-10(8)13/h2-6,11,14H,1H3,(H,12,13). The van der Waals surface area contributed by atoms with Gasteiger partial charge in [0, 0.05) is 24.3 Å². The van der Waals surface area contributed by atoms with Gasteiger partial charge in [-0.25, -0.2) is 0 Å². The number of aliphatic hydroxyl groups excluding tert-OH is 1. The second-order valence-corrected chi connectivity index (χ2v) is 3.20. The van der Waals surface area contributed by atoms with Crippen LogP contribution >= 0.6 is 0 Å². The first kappa shape index (κ1) is 9.89.